The van der Waals surface area contributed by atoms with E-state index in [9.17, 15) is 9.90 Å². The first-order valence-corrected chi connectivity index (χ1v) is 6.24. The van der Waals surface area contributed by atoms with Gasteiger partial charge in [0.05, 0.1) is 12.7 Å². The predicted molar refractivity (Wildman–Crippen MR) is 66.6 cm³/mol. The number of rotatable bonds is 5. The standard InChI is InChI=1S/C14H18O4/c15-14(16)13(11-4-2-1-3-5-11)10-18-12-6-8-17-9-7-12/h1-5,12-13H,6-10H2,(H,15,16). The van der Waals surface area contributed by atoms with Crippen LogP contribution in [0, 0.1) is 0 Å². The van der Waals surface area contributed by atoms with Crippen LogP contribution in [-0.2, 0) is 14.3 Å². The number of benzene rings is 1. The highest BCUT2D eigenvalue weighted by Crippen LogP contribution is 2.19. The lowest BCUT2D eigenvalue weighted by Gasteiger charge is -2.24. The van der Waals surface area contributed by atoms with Gasteiger partial charge < -0.3 is 14.6 Å². The number of hydrogen-bond donors (Lipinski definition) is 1. The summed E-state index contributed by atoms with van der Waals surface area (Å²) in [6.45, 7) is 1.63. The van der Waals surface area contributed by atoms with Crippen LogP contribution in [0.25, 0.3) is 0 Å². The van der Waals surface area contributed by atoms with Crippen LogP contribution in [0.4, 0.5) is 0 Å². The number of carboxylic acids is 1. The first-order valence-electron chi connectivity index (χ1n) is 6.24. The maximum atomic E-state index is 11.3. The fourth-order valence-electron chi connectivity index (χ4n) is 2.07. The lowest BCUT2D eigenvalue weighted by molar-refractivity contribution is -0.141. The summed E-state index contributed by atoms with van der Waals surface area (Å²) in [5.41, 5.74) is 0.789. The molecule has 1 atom stereocenters. The van der Waals surface area contributed by atoms with Gasteiger partial charge in [-0.15, -0.1) is 0 Å². The summed E-state index contributed by atoms with van der Waals surface area (Å²) in [5.74, 6) is -1.43. The Morgan fingerprint density at radius 3 is 2.61 bits per heavy atom. The Morgan fingerprint density at radius 2 is 2.00 bits per heavy atom. The molecule has 4 heteroatoms. The average Bonchev–Trinajstić information content (AvgIpc) is 2.41. The first-order chi connectivity index (χ1) is 8.77. The van der Waals surface area contributed by atoms with Crippen molar-refractivity contribution in [2.45, 2.75) is 24.9 Å². The third kappa shape index (κ3) is 3.55. The Kier molecular flexibility index (Phi) is 4.73. The molecule has 1 N–H and O–H groups in total. The second-order valence-electron chi connectivity index (χ2n) is 4.45. The highest BCUT2D eigenvalue weighted by molar-refractivity contribution is 5.76. The molecule has 0 spiro atoms. The molecule has 18 heavy (non-hydrogen) atoms. The second-order valence-corrected chi connectivity index (χ2v) is 4.45. The molecule has 1 unspecified atom stereocenters. The molecule has 1 heterocycles. The van der Waals surface area contributed by atoms with Crippen LogP contribution in [0.5, 0.6) is 0 Å². The van der Waals surface area contributed by atoms with Gasteiger partial charge in [-0.05, 0) is 18.4 Å². The fraction of sp³-hybridized carbons (Fsp3) is 0.500. The van der Waals surface area contributed by atoms with Gasteiger partial charge in [0.1, 0.15) is 5.92 Å². The van der Waals surface area contributed by atoms with Crippen molar-refractivity contribution in [3.05, 3.63) is 35.9 Å². The topological polar surface area (TPSA) is 55.8 Å². The number of ether oxygens (including phenoxy) is 2. The van der Waals surface area contributed by atoms with Crippen LogP contribution in [0.3, 0.4) is 0 Å². The molecule has 0 aliphatic carbocycles. The van der Waals surface area contributed by atoms with Crippen molar-refractivity contribution in [2.75, 3.05) is 19.8 Å². The van der Waals surface area contributed by atoms with Gasteiger partial charge in [-0.2, -0.15) is 0 Å². The van der Waals surface area contributed by atoms with Crippen molar-refractivity contribution in [3.8, 4) is 0 Å². The van der Waals surface area contributed by atoms with E-state index in [0.29, 0.717) is 13.2 Å². The van der Waals surface area contributed by atoms with E-state index in [-0.39, 0.29) is 12.7 Å². The van der Waals surface area contributed by atoms with Gasteiger partial charge >= 0.3 is 5.97 Å². The van der Waals surface area contributed by atoms with E-state index in [2.05, 4.69) is 0 Å². The van der Waals surface area contributed by atoms with E-state index >= 15 is 0 Å². The number of aliphatic carboxylic acids is 1. The lowest BCUT2D eigenvalue weighted by Crippen LogP contribution is -2.27. The summed E-state index contributed by atoms with van der Waals surface area (Å²) in [4.78, 5) is 11.3. The monoisotopic (exact) mass is 250 g/mol. The normalized spacial score (nSPS) is 18.4. The number of carbonyl (C=O) groups is 1. The van der Waals surface area contributed by atoms with Crippen molar-refractivity contribution in [1.29, 1.82) is 0 Å². The Bertz CT molecular complexity index is 371. The zero-order valence-corrected chi connectivity index (χ0v) is 10.2. The van der Waals surface area contributed by atoms with Gasteiger partial charge in [-0.25, -0.2) is 0 Å². The quantitative estimate of drug-likeness (QED) is 0.869. The summed E-state index contributed by atoms with van der Waals surface area (Å²) in [5, 5.41) is 9.25. The van der Waals surface area contributed by atoms with Gasteiger partial charge in [-0.3, -0.25) is 4.79 Å². The Hall–Kier alpha value is -1.39. The summed E-state index contributed by atoms with van der Waals surface area (Å²) in [6, 6.07) is 9.22. The summed E-state index contributed by atoms with van der Waals surface area (Å²) in [6.07, 6.45) is 1.83. The van der Waals surface area contributed by atoms with E-state index in [1.165, 1.54) is 0 Å². The molecule has 0 saturated carbocycles. The summed E-state index contributed by atoms with van der Waals surface area (Å²) in [7, 11) is 0. The van der Waals surface area contributed by atoms with Crippen LogP contribution >= 0.6 is 0 Å². The van der Waals surface area contributed by atoms with Crippen molar-refractivity contribution >= 4 is 5.97 Å². The molecule has 0 amide bonds. The highest BCUT2D eigenvalue weighted by atomic mass is 16.5. The van der Waals surface area contributed by atoms with Crippen LogP contribution in [0.15, 0.2) is 30.3 Å². The van der Waals surface area contributed by atoms with Crippen LogP contribution in [-0.4, -0.2) is 37.0 Å². The highest BCUT2D eigenvalue weighted by Gasteiger charge is 2.22. The zero-order chi connectivity index (χ0) is 12.8. The smallest absolute Gasteiger partial charge is 0.313 e. The SMILES string of the molecule is O=C(O)C(COC1CCOCC1)c1ccccc1. The van der Waals surface area contributed by atoms with Gasteiger partial charge in [0, 0.05) is 13.2 Å². The molecule has 0 aromatic heterocycles. The van der Waals surface area contributed by atoms with Crippen LogP contribution in [0.2, 0.25) is 0 Å². The lowest BCUT2D eigenvalue weighted by atomic mass is 10.0. The third-order valence-electron chi connectivity index (χ3n) is 3.17. The summed E-state index contributed by atoms with van der Waals surface area (Å²) < 4.78 is 10.9. The number of carboxylic acid groups (broad SMARTS) is 1. The molecule has 2 rings (SSSR count). The van der Waals surface area contributed by atoms with E-state index < -0.39 is 11.9 Å². The second kappa shape index (κ2) is 6.52. The molecule has 1 aromatic rings. The minimum atomic E-state index is -0.840. The molecule has 1 aliphatic heterocycles. The van der Waals surface area contributed by atoms with Crippen molar-refractivity contribution in [1.82, 2.24) is 0 Å². The molecule has 1 fully saturated rings. The molecule has 1 saturated heterocycles. The van der Waals surface area contributed by atoms with Crippen molar-refractivity contribution < 1.29 is 19.4 Å². The molecule has 1 aromatic carbocycles. The van der Waals surface area contributed by atoms with Gasteiger partial charge in [0.2, 0.25) is 0 Å². The van der Waals surface area contributed by atoms with Gasteiger partial charge in [0.25, 0.3) is 0 Å². The van der Waals surface area contributed by atoms with Crippen LogP contribution in [0.1, 0.15) is 24.3 Å². The predicted octanol–water partition coefficient (Wildman–Crippen LogP) is 2.05. The van der Waals surface area contributed by atoms with Gasteiger partial charge in [-0.1, -0.05) is 30.3 Å². The molecule has 1 aliphatic rings. The molecular weight excluding hydrogens is 232 g/mol. The van der Waals surface area contributed by atoms with Gasteiger partial charge in [0.15, 0.2) is 0 Å². The van der Waals surface area contributed by atoms with E-state index in [1.54, 1.807) is 0 Å². The van der Waals surface area contributed by atoms with Crippen LogP contribution < -0.4 is 0 Å². The van der Waals surface area contributed by atoms with Crippen molar-refractivity contribution in [3.63, 3.8) is 0 Å². The van der Waals surface area contributed by atoms with E-state index in [4.69, 9.17) is 9.47 Å². The Morgan fingerprint density at radius 1 is 1.33 bits per heavy atom. The summed E-state index contributed by atoms with van der Waals surface area (Å²) >= 11 is 0. The zero-order valence-electron chi connectivity index (χ0n) is 10.2. The molecular formula is C14H18O4. The average molecular weight is 250 g/mol. The number of hydrogen-bond acceptors (Lipinski definition) is 3. The Balaban J connectivity index is 1.92. The van der Waals surface area contributed by atoms with E-state index in [0.717, 1.165) is 18.4 Å². The maximum absolute atomic E-state index is 11.3. The largest absolute Gasteiger partial charge is 0.481 e. The molecule has 0 radical (unpaired) electrons. The molecule has 98 valence electrons. The minimum absolute atomic E-state index is 0.129. The minimum Gasteiger partial charge on any atom is -0.481 e. The fourth-order valence-corrected chi connectivity index (χ4v) is 2.07. The Labute approximate surface area is 107 Å². The maximum Gasteiger partial charge on any atom is 0.313 e. The van der Waals surface area contributed by atoms with Crippen molar-refractivity contribution in [2.24, 2.45) is 0 Å². The third-order valence-corrected chi connectivity index (χ3v) is 3.17. The first kappa shape index (κ1) is 13.1. The molecule has 0 bridgehead atoms. The molecule has 4 nitrogen and oxygen atoms in total. The van der Waals surface area contributed by atoms with E-state index in [1.807, 2.05) is 30.3 Å².